The number of rotatable bonds is 9. The average Bonchev–Trinajstić information content (AvgIpc) is 2.64. The second-order valence-electron chi connectivity index (χ2n) is 6.30. The molecule has 0 bridgehead atoms. The van der Waals surface area contributed by atoms with Gasteiger partial charge in [-0.3, -0.25) is 0 Å². The van der Waals surface area contributed by atoms with E-state index in [1.54, 1.807) is 21.3 Å². The number of nitrogens with one attached hydrogen (secondary N) is 1. The maximum absolute atomic E-state index is 5.49. The lowest BCUT2D eigenvalue weighted by atomic mass is 9.97. The van der Waals surface area contributed by atoms with Gasteiger partial charge in [-0.05, 0) is 41.6 Å². The third-order valence-corrected chi connectivity index (χ3v) is 4.35. The van der Waals surface area contributed by atoms with Crippen LogP contribution in [0.5, 0.6) is 17.2 Å². The molecule has 25 heavy (non-hydrogen) atoms. The van der Waals surface area contributed by atoms with Crippen LogP contribution in [0.25, 0.3) is 0 Å². The largest absolute Gasteiger partial charge is 0.496 e. The molecule has 2 aromatic carbocycles. The Balaban J connectivity index is 2.00. The molecule has 0 radical (unpaired) electrons. The van der Waals surface area contributed by atoms with Crippen LogP contribution in [0.1, 0.15) is 36.5 Å². The third kappa shape index (κ3) is 4.89. The van der Waals surface area contributed by atoms with Gasteiger partial charge in [0.25, 0.3) is 0 Å². The molecule has 0 unspecified atom stereocenters. The Hall–Kier alpha value is -2.20. The van der Waals surface area contributed by atoms with Crippen LogP contribution in [0.3, 0.4) is 0 Å². The molecule has 0 atom stereocenters. The number of hydrogen-bond acceptors (Lipinski definition) is 4. The normalized spacial score (nSPS) is 10.8. The minimum atomic E-state index is 0.531. The van der Waals surface area contributed by atoms with Gasteiger partial charge in [0.05, 0.1) is 21.3 Å². The molecule has 0 aliphatic carbocycles. The van der Waals surface area contributed by atoms with E-state index >= 15 is 0 Å². The van der Waals surface area contributed by atoms with Gasteiger partial charge in [-0.2, -0.15) is 0 Å². The van der Waals surface area contributed by atoms with Gasteiger partial charge in [-0.25, -0.2) is 0 Å². The Labute approximate surface area is 151 Å². The van der Waals surface area contributed by atoms with Crippen LogP contribution in [-0.4, -0.2) is 27.9 Å². The van der Waals surface area contributed by atoms with Gasteiger partial charge in [-0.15, -0.1) is 0 Å². The highest BCUT2D eigenvalue weighted by Gasteiger charge is 2.12. The van der Waals surface area contributed by atoms with Crippen molar-refractivity contribution >= 4 is 0 Å². The maximum Gasteiger partial charge on any atom is 0.164 e. The number of benzene rings is 2. The topological polar surface area (TPSA) is 39.7 Å². The quantitative estimate of drug-likeness (QED) is 0.694. The predicted octanol–water partition coefficient (Wildman–Crippen LogP) is 4.17. The van der Waals surface area contributed by atoms with Crippen molar-refractivity contribution < 1.29 is 14.2 Å². The molecule has 0 spiro atoms. The number of hydrogen-bond donors (Lipinski definition) is 1. The maximum atomic E-state index is 5.49. The minimum absolute atomic E-state index is 0.531. The predicted molar refractivity (Wildman–Crippen MR) is 102 cm³/mol. The fourth-order valence-corrected chi connectivity index (χ4v) is 2.99. The summed E-state index contributed by atoms with van der Waals surface area (Å²) in [6.07, 6.45) is 0.855. The molecule has 4 heteroatoms. The standard InChI is InChI=1S/C21H29NO3/c1-15(2)18-9-7-6-8-17(18)14-22-11-10-16-12-20(24-4)21(25-5)13-19(16)23-3/h6-9,12-13,15,22H,10-11,14H2,1-5H3. The lowest BCUT2D eigenvalue weighted by Crippen LogP contribution is -2.18. The van der Waals surface area contributed by atoms with E-state index in [0.717, 1.165) is 36.6 Å². The first-order valence-electron chi connectivity index (χ1n) is 8.68. The number of ether oxygens (including phenoxy) is 3. The summed E-state index contributed by atoms with van der Waals surface area (Å²) < 4.78 is 16.2. The lowest BCUT2D eigenvalue weighted by Gasteiger charge is -2.15. The Bertz CT molecular complexity index is 683. The summed E-state index contributed by atoms with van der Waals surface area (Å²) in [6, 6.07) is 12.5. The third-order valence-electron chi connectivity index (χ3n) is 4.35. The summed E-state index contributed by atoms with van der Waals surface area (Å²) >= 11 is 0. The van der Waals surface area contributed by atoms with E-state index in [4.69, 9.17) is 14.2 Å². The van der Waals surface area contributed by atoms with Crippen LogP contribution in [0, 0.1) is 0 Å². The molecule has 0 amide bonds. The van der Waals surface area contributed by atoms with E-state index in [1.165, 1.54) is 11.1 Å². The summed E-state index contributed by atoms with van der Waals surface area (Å²) in [5.41, 5.74) is 3.86. The number of methoxy groups -OCH3 is 3. The van der Waals surface area contributed by atoms with Crippen LogP contribution in [-0.2, 0) is 13.0 Å². The minimum Gasteiger partial charge on any atom is -0.496 e. The van der Waals surface area contributed by atoms with E-state index < -0.39 is 0 Å². The van der Waals surface area contributed by atoms with Gasteiger partial charge >= 0.3 is 0 Å². The zero-order chi connectivity index (χ0) is 18.2. The van der Waals surface area contributed by atoms with Gasteiger partial charge in [0.1, 0.15) is 5.75 Å². The molecule has 0 saturated carbocycles. The van der Waals surface area contributed by atoms with E-state index in [1.807, 2.05) is 12.1 Å². The zero-order valence-corrected chi connectivity index (χ0v) is 15.9. The molecule has 0 aliphatic heterocycles. The van der Waals surface area contributed by atoms with Crippen LogP contribution >= 0.6 is 0 Å². The molecular weight excluding hydrogens is 314 g/mol. The highest BCUT2D eigenvalue weighted by Crippen LogP contribution is 2.34. The van der Waals surface area contributed by atoms with Crippen molar-refractivity contribution in [3.8, 4) is 17.2 Å². The van der Waals surface area contributed by atoms with Crippen LogP contribution in [0.4, 0.5) is 0 Å². The van der Waals surface area contributed by atoms with E-state index in [-0.39, 0.29) is 0 Å². The molecule has 0 aliphatic rings. The first-order valence-corrected chi connectivity index (χ1v) is 8.68. The molecule has 0 aromatic heterocycles. The summed E-state index contributed by atoms with van der Waals surface area (Å²) in [5.74, 6) is 2.76. The Morgan fingerprint density at radius 2 is 1.48 bits per heavy atom. The van der Waals surface area contributed by atoms with Crippen LogP contribution < -0.4 is 19.5 Å². The second-order valence-corrected chi connectivity index (χ2v) is 6.30. The van der Waals surface area contributed by atoms with Crippen molar-refractivity contribution in [2.45, 2.75) is 32.7 Å². The highest BCUT2D eigenvalue weighted by molar-refractivity contribution is 5.50. The Kier molecular flexibility index (Phi) is 7.14. The van der Waals surface area contributed by atoms with E-state index in [2.05, 4.69) is 43.4 Å². The summed E-state index contributed by atoms with van der Waals surface area (Å²) in [7, 11) is 4.96. The first-order chi connectivity index (χ1) is 12.1. The van der Waals surface area contributed by atoms with Crippen molar-refractivity contribution in [2.24, 2.45) is 0 Å². The lowest BCUT2D eigenvalue weighted by molar-refractivity contribution is 0.347. The van der Waals surface area contributed by atoms with Crippen molar-refractivity contribution in [2.75, 3.05) is 27.9 Å². The van der Waals surface area contributed by atoms with E-state index in [9.17, 15) is 0 Å². The highest BCUT2D eigenvalue weighted by atomic mass is 16.5. The summed E-state index contributed by atoms with van der Waals surface area (Å²) in [5, 5.41) is 3.54. The zero-order valence-electron chi connectivity index (χ0n) is 15.9. The smallest absolute Gasteiger partial charge is 0.164 e. The Morgan fingerprint density at radius 3 is 2.12 bits per heavy atom. The van der Waals surface area contributed by atoms with Crippen molar-refractivity contribution in [3.05, 3.63) is 53.1 Å². The van der Waals surface area contributed by atoms with Crippen LogP contribution in [0.15, 0.2) is 36.4 Å². The first kappa shape index (κ1) is 19.1. The van der Waals surface area contributed by atoms with Gasteiger partial charge in [0, 0.05) is 12.6 Å². The molecule has 0 saturated heterocycles. The monoisotopic (exact) mass is 343 g/mol. The SMILES string of the molecule is COc1cc(OC)c(OC)cc1CCNCc1ccccc1C(C)C. The van der Waals surface area contributed by atoms with Crippen molar-refractivity contribution in [1.82, 2.24) is 5.32 Å². The molecule has 2 rings (SSSR count). The van der Waals surface area contributed by atoms with Crippen molar-refractivity contribution in [1.29, 1.82) is 0 Å². The van der Waals surface area contributed by atoms with Gasteiger partial charge in [0.2, 0.25) is 0 Å². The molecular formula is C21H29NO3. The molecule has 0 fully saturated rings. The molecule has 0 heterocycles. The van der Waals surface area contributed by atoms with Gasteiger partial charge in [-0.1, -0.05) is 38.1 Å². The van der Waals surface area contributed by atoms with Crippen molar-refractivity contribution in [3.63, 3.8) is 0 Å². The molecule has 4 nitrogen and oxygen atoms in total. The fourth-order valence-electron chi connectivity index (χ4n) is 2.99. The summed E-state index contributed by atoms with van der Waals surface area (Å²) in [6.45, 7) is 6.18. The fraction of sp³-hybridized carbons (Fsp3) is 0.429. The summed E-state index contributed by atoms with van der Waals surface area (Å²) in [4.78, 5) is 0. The second kappa shape index (κ2) is 9.33. The average molecular weight is 343 g/mol. The Morgan fingerprint density at radius 1 is 0.840 bits per heavy atom. The van der Waals surface area contributed by atoms with Crippen LogP contribution in [0.2, 0.25) is 0 Å². The van der Waals surface area contributed by atoms with E-state index in [0.29, 0.717) is 11.7 Å². The van der Waals surface area contributed by atoms with Gasteiger partial charge in [0.15, 0.2) is 11.5 Å². The van der Waals surface area contributed by atoms with Gasteiger partial charge < -0.3 is 19.5 Å². The molecule has 1 N–H and O–H groups in total. The molecule has 136 valence electrons. The molecule has 2 aromatic rings.